The number of aryl methyl sites for hydroxylation is 1. The molecule has 1 saturated heterocycles. The molecule has 21 heavy (non-hydrogen) atoms. The Balaban J connectivity index is 2.33. The van der Waals surface area contributed by atoms with Crippen molar-refractivity contribution in [3.05, 3.63) is 33.4 Å². The molecule has 1 aliphatic rings. The topological polar surface area (TPSA) is 110 Å². The van der Waals surface area contributed by atoms with Crippen molar-refractivity contribution in [2.24, 2.45) is 5.92 Å². The highest BCUT2D eigenvalue weighted by molar-refractivity contribution is 6.01. The first-order valence-electron chi connectivity index (χ1n) is 6.83. The predicted molar refractivity (Wildman–Crippen MR) is 77.9 cm³/mol. The quantitative estimate of drug-likeness (QED) is 0.485. The van der Waals surface area contributed by atoms with Crippen LogP contribution in [0.25, 0.3) is 0 Å². The minimum absolute atomic E-state index is 0.122. The highest BCUT2D eigenvalue weighted by Crippen LogP contribution is 2.29. The maximum absolute atomic E-state index is 12.5. The van der Waals surface area contributed by atoms with Crippen molar-refractivity contribution in [1.82, 2.24) is 4.90 Å². The average molecular weight is 293 g/mol. The Labute approximate surface area is 122 Å². The number of nitro benzene ring substituents is 1. The molecule has 1 aromatic rings. The van der Waals surface area contributed by atoms with Gasteiger partial charge in [-0.3, -0.25) is 14.9 Å². The van der Waals surface area contributed by atoms with E-state index >= 15 is 0 Å². The number of hydrogen-bond acceptors (Lipinski definition) is 5. The van der Waals surface area contributed by atoms with Gasteiger partial charge in [-0.2, -0.15) is 0 Å². The fourth-order valence-electron chi connectivity index (χ4n) is 2.51. The Hall–Kier alpha value is -2.15. The van der Waals surface area contributed by atoms with Crippen LogP contribution >= 0.6 is 0 Å². The van der Waals surface area contributed by atoms with E-state index in [1.165, 1.54) is 11.0 Å². The average Bonchev–Trinajstić information content (AvgIpc) is 2.43. The van der Waals surface area contributed by atoms with Crippen LogP contribution in [-0.4, -0.2) is 40.0 Å². The first kappa shape index (κ1) is 15.2. The Morgan fingerprint density at radius 1 is 1.52 bits per heavy atom. The number of aliphatic hydroxyl groups is 1. The highest BCUT2D eigenvalue weighted by atomic mass is 16.6. The summed E-state index contributed by atoms with van der Waals surface area (Å²) in [6, 6.07) is 2.90. The van der Waals surface area contributed by atoms with E-state index in [2.05, 4.69) is 0 Å². The van der Waals surface area contributed by atoms with E-state index in [1.54, 1.807) is 13.0 Å². The number of nitrogens with zero attached hydrogens (tertiary/aromatic N) is 2. The van der Waals surface area contributed by atoms with Crippen LogP contribution in [0.3, 0.4) is 0 Å². The van der Waals surface area contributed by atoms with Crippen LogP contribution < -0.4 is 5.73 Å². The third-order valence-electron chi connectivity index (χ3n) is 3.94. The van der Waals surface area contributed by atoms with Gasteiger partial charge in [-0.1, -0.05) is 6.92 Å². The minimum atomic E-state index is -0.591. The van der Waals surface area contributed by atoms with Crippen molar-refractivity contribution < 1.29 is 14.8 Å². The molecule has 1 heterocycles. The lowest BCUT2D eigenvalue weighted by Gasteiger charge is -2.34. The smallest absolute Gasteiger partial charge is 0.293 e. The first-order valence-corrected chi connectivity index (χ1v) is 6.83. The van der Waals surface area contributed by atoms with E-state index in [0.717, 1.165) is 0 Å². The molecule has 3 N–H and O–H groups in total. The largest absolute Gasteiger partial charge is 0.393 e. The summed E-state index contributed by atoms with van der Waals surface area (Å²) in [6.07, 6.45) is 0.115. The Kier molecular flexibility index (Phi) is 4.13. The summed E-state index contributed by atoms with van der Waals surface area (Å²) in [5, 5.41) is 20.9. The third kappa shape index (κ3) is 2.97. The zero-order chi connectivity index (χ0) is 15.7. The van der Waals surface area contributed by atoms with Gasteiger partial charge < -0.3 is 15.7 Å². The monoisotopic (exact) mass is 293 g/mol. The maximum atomic E-state index is 12.5. The van der Waals surface area contributed by atoms with Crippen LogP contribution in [0.15, 0.2) is 12.1 Å². The van der Waals surface area contributed by atoms with Gasteiger partial charge in [-0.05, 0) is 30.9 Å². The molecule has 0 spiro atoms. The van der Waals surface area contributed by atoms with E-state index in [9.17, 15) is 20.0 Å². The van der Waals surface area contributed by atoms with Crippen LogP contribution in [0.2, 0.25) is 0 Å². The van der Waals surface area contributed by atoms with Crippen molar-refractivity contribution in [2.75, 3.05) is 18.8 Å². The van der Waals surface area contributed by atoms with Gasteiger partial charge in [0, 0.05) is 19.2 Å². The Morgan fingerprint density at radius 2 is 2.19 bits per heavy atom. The summed E-state index contributed by atoms with van der Waals surface area (Å²) in [7, 11) is 0. The number of benzene rings is 1. The van der Waals surface area contributed by atoms with Gasteiger partial charge >= 0.3 is 0 Å². The summed E-state index contributed by atoms with van der Waals surface area (Å²) in [5.74, 6) is -0.233. The number of β-amino-alcohol motifs (C(OH)–C–C–N with tert-alkyl or cyclic N) is 1. The summed E-state index contributed by atoms with van der Waals surface area (Å²) in [5.41, 5.74) is 6.12. The number of carbonyl (C=O) groups excluding carboxylic acids is 1. The number of nitrogen functional groups attached to an aromatic ring is 1. The zero-order valence-electron chi connectivity index (χ0n) is 12.1. The molecule has 0 aromatic heterocycles. The molecule has 1 amide bonds. The second kappa shape index (κ2) is 5.69. The third-order valence-corrected chi connectivity index (χ3v) is 3.94. The maximum Gasteiger partial charge on any atom is 0.293 e. The molecular formula is C14H19N3O4. The normalized spacial score (nSPS) is 22.1. The van der Waals surface area contributed by atoms with Gasteiger partial charge in [0.2, 0.25) is 0 Å². The number of anilines is 1. The van der Waals surface area contributed by atoms with Gasteiger partial charge in [0.1, 0.15) is 5.69 Å². The molecule has 0 aliphatic carbocycles. The molecule has 0 bridgehead atoms. The van der Waals surface area contributed by atoms with Gasteiger partial charge in [-0.25, -0.2) is 0 Å². The molecule has 1 aliphatic heterocycles. The van der Waals surface area contributed by atoms with E-state index < -0.39 is 11.0 Å². The first-order chi connectivity index (χ1) is 9.81. The lowest BCUT2D eigenvalue weighted by Crippen LogP contribution is -2.46. The molecule has 1 fully saturated rings. The van der Waals surface area contributed by atoms with E-state index in [1.807, 2.05) is 6.92 Å². The van der Waals surface area contributed by atoms with E-state index in [-0.39, 0.29) is 35.3 Å². The summed E-state index contributed by atoms with van der Waals surface area (Å²) >= 11 is 0. The van der Waals surface area contributed by atoms with Gasteiger partial charge in [-0.15, -0.1) is 0 Å². The predicted octanol–water partition coefficient (Wildman–Crippen LogP) is 1.33. The molecule has 2 rings (SSSR count). The number of carbonyl (C=O) groups is 1. The molecule has 1 aromatic carbocycles. The zero-order valence-corrected chi connectivity index (χ0v) is 12.1. The van der Waals surface area contributed by atoms with Crippen molar-refractivity contribution >= 4 is 17.3 Å². The molecule has 7 nitrogen and oxygen atoms in total. The van der Waals surface area contributed by atoms with Crippen molar-refractivity contribution in [3.8, 4) is 0 Å². The number of nitro groups is 1. The van der Waals surface area contributed by atoms with Crippen LogP contribution in [0.1, 0.15) is 29.3 Å². The minimum Gasteiger partial charge on any atom is -0.393 e. The van der Waals surface area contributed by atoms with Crippen LogP contribution in [0, 0.1) is 23.0 Å². The molecule has 7 heteroatoms. The summed E-state index contributed by atoms with van der Waals surface area (Å²) in [4.78, 5) is 24.4. The lowest BCUT2D eigenvalue weighted by atomic mass is 9.95. The molecule has 0 radical (unpaired) electrons. The van der Waals surface area contributed by atoms with Crippen LogP contribution in [0.4, 0.5) is 11.4 Å². The number of nitrogens with two attached hydrogens (primary N) is 1. The van der Waals surface area contributed by atoms with Crippen LogP contribution in [-0.2, 0) is 0 Å². The standard InChI is InChI=1S/C14H19N3O4/c1-8-5-10(13(15)11(6-8)17(20)21)14(19)16-4-3-9(2)12(18)7-16/h5-6,9,12,18H,3-4,7,15H2,1-2H3. The van der Waals surface area contributed by atoms with Crippen LogP contribution in [0.5, 0.6) is 0 Å². The molecule has 0 saturated carbocycles. The Bertz CT molecular complexity index is 588. The molecule has 2 atom stereocenters. The SMILES string of the molecule is Cc1cc(C(=O)N2CCC(C)C(O)C2)c(N)c([N+](=O)[O-])c1. The van der Waals surface area contributed by atoms with Crippen molar-refractivity contribution in [3.63, 3.8) is 0 Å². The number of piperidine rings is 1. The second-order valence-electron chi connectivity index (χ2n) is 5.59. The highest BCUT2D eigenvalue weighted by Gasteiger charge is 2.30. The molecule has 2 unspecified atom stereocenters. The fraction of sp³-hybridized carbons (Fsp3) is 0.500. The van der Waals surface area contributed by atoms with Gasteiger partial charge in [0.25, 0.3) is 11.6 Å². The number of hydrogen-bond donors (Lipinski definition) is 2. The van der Waals surface area contributed by atoms with E-state index in [0.29, 0.717) is 18.5 Å². The van der Waals surface area contributed by atoms with E-state index in [4.69, 9.17) is 5.73 Å². The fourth-order valence-corrected chi connectivity index (χ4v) is 2.51. The lowest BCUT2D eigenvalue weighted by molar-refractivity contribution is -0.384. The second-order valence-corrected chi connectivity index (χ2v) is 5.59. The number of likely N-dealkylation sites (tertiary alicyclic amines) is 1. The number of amides is 1. The number of rotatable bonds is 2. The summed E-state index contributed by atoms with van der Waals surface area (Å²) < 4.78 is 0. The van der Waals surface area contributed by atoms with Crippen molar-refractivity contribution in [2.45, 2.75) is 26.4 Å². The van der Waals surface area contributed by atoms with Gasteiger partial charge in [0.05, 0.1) is 16.6 Å². The van der Waals surface area contributed by atoms with Gasteiger partial charge in [0.15, 0.2) is 0 Å². The Morgan fingerprint density at radius 3 is 2.76 bits per heavy atom. The summed E-state index contributed by atoms with van der Waals surface area (Å²) in [6.45, 7) is 4.34. The molecular weight excluding hydrogens is 274 g/mol. The number of aliphatic hydroxyl groups excluding tert-OH is 1. The molecule has 114 valence electrons. The van der Waals surface area contributed by atoms with Crippen molar-refractivity contribution in [1.29, 1.82) is 0 Å².